The molecule has 0 aliphatic carbocycles. The first-order valence-electron chi connectivity index (χ1n) is 6.63. The largest absolute Gasteiger partial charge is 0.353 e. The summed E-state index contributed by atoms with van der Waals surface area (Å²) in [5.41, 5.74) is 2.50. The van der Waals surface area contributed by atoms with E-state index in [2.05, 4.69) is 31.2 Å². The molecule has 1 atom stereocenters. The van der Waals surface area contributed by atoms with Crippen LogP contribution in [0.2, 0.25) is 0 Å². The number of aryl methyl sites for hydroxylation is 1. The highest BCUT2D eigenvalue weighted by Crippen LogP contribution is 2.15. The van der Waals surface area contributed by atoms with E-state index in [0.717, 1.165) is 13.0 Å². The molecule has 0 bridgehead atoms. The van der Waals surface area contributed by atoms with Gasteiger partial charge >= 0.3 is 0 Å². The first-order valence-corrected chi connectivity index (χ1v) is 6.63. The molecule has 0 spiro atoms. The maximum absolute atomic E-state index is 5.69. The molecule has 17 heavy (non-hydrogen) atoms. The Balaban J connectivity index is 0.000000686. The lowest BCUT2D eigenvalue weighted by atomic mass is 10.1. The summed E-state index contributed by atoms with van der Waals surface area (Å²) in [4.78, 5) is 0. The van der Waals surface area contributed by atoms with Gasteiger partial charge in [-0.3, -0.25) is 0 Å². The van der Waals surface area contributed by atoms with Gasteiger partial charge in [0.25, 0.3) is 0 Å². The lowest BCUT2D eigenvalue weighted by Crippen LogP contribution is -2.21. The lowest BCUT2D eigenvalue weighted by Gasteiger charge is -2.22. The molecule has 96 valence electrons. The van der Waals surface area contributed by atoms with Gasteiger partial charge in [-0.1, -0.05) is 43.7 Å². The summed E-state index contributed by atoms with van der Waals surface area (Å²) in [6, 6.07) is 8.44. The third-order valence-electron chi connectivity index (χ3n) is 2.69. The van der Waals surface area contributed by atoms with Crippen molar-refractivity contribution in [3.8, 4) is 0 Å². The van der Waals surface area contributed by atoms with E-state index < -0.39 is 0 Å². The van der Waals surface area contributed by atoms with E-state index in [1.54, 1.807) is 0 Å². The molecule has 0 N–H and O–H groups in total. The second-order valence-corrected chi connectivity index (χ2v) is 4.09. The second kappa shape index (κ2) is 8.26. The molecule has 1 aliphatic heterocycles. The summed E-state index contributed by atoms with van der Waals surface area (Å²) in [5, 5.41) is 0. The fourth-order valence-corrected chi connectivity index (χ4v) is 1.72. The van der Waals surface area contributed by atoms with Crippen molar-refractivity contribution >= 4 is 0 Å². The third kappa shape index (κ3) is 5.33. The molecular formula is C15H24O2. The van der Waals surface area contributed by atoms with Crippen molar-refractivity contribution in [3.05, 3.63) is 35.4 Å². The van der Waals surface area contributed by atoms with E-state index in [1.807, 2.05) is 13.8 Å². The van der Waals surface area contributed by atoms with Gasteiger partial charge in [-0.15, -0.1) is 0 Å². The summed E-state index contributed by atoms with van der Waals surface area (Å²) in [5.74, 6) is 0. The van der Waals surface area contributed by atoms with Crippen molar-refractivity contribution in [2.75, 3.05) is 6.61 Å². The van der Waals surface area contributed by atoms with Crippen molar-refractivity contribution in [1.29, 1.82) is 0 Å². The standard InChI is InChI=1S/C13H18O2.C2H6/c1-11-5-7-12(8-6-11)10-15-13-4-2-3-9-14-13;1-2/h5-8,13H,2-4,9-10H2,1H3;1-2H3. The number of benzene rings is 1. The monoisotopic (exact) mass is 236 g/mol. The minimum atomic E-state index is 0.0139. The van der Waals surface area contributed by atoms with Gasteiger partial charge in [-0.2, -0.15) is 0 Å². The zero-order valence-corrected chi connectivity index (χ0v) is 11.2. The smallest absolute Gasteiger partial charge is 0.158 e. The van der Waals surface area contributed by atoms with Crippen LogP contribution in [0.3, 0.4) is 0 Å². The normalized spacial score (nSPS) is 19.4. The van der Waals surface area contributed by atoms with E-state index in [1.165, 1.54) is 24.0 Å². The summed E-state index contributed by atoms with van der Waals surface area (Å²) in [6.45, 7) is 7.60. The molecule has 2 heteroatoms. The van der Waals surface area contributed by atoms with Gasteiger partial charge in [0.15, 0.2) is 6.29 Å². The highest BCUT2D eigenvalue weighted by atomic mass is 16.7. The molecule has 1 heterocycles. The van der Waals surface area contributed by atoms with Gasteiger partial charge in [0, 0.05) is 6.61 Å². The minimum absolute atomic E-state index is 0.0139. The van der Waals surface area contributed by atoms with Crippen LogP contribution in [0.15, 0.2) is 24.3 Å². The molecule has 2 nitrogen and oxygen atoms in total. The van der Waals surface area contributed by atoms with Crippen molar-refractivity contribution in [3.63, 3.8) is 0 Å². The summed E-state index contributed by atoms with van der Waals surface area (Å²) < 4.78 is 11.2. The fourth-order valence-electron chi connectivity index (χ4n) is 1.72. The van der Waals surface area contributed by atoms with E-state index in [4.69, 9.17) is 9.47 Å². The Morgan fingerprint density at radius 3 is 2.47 bits per heavy atom. The molecule has 1 aliphatic rings. The van der Waals surface area contributed by atoms with Gasteiger partial charge in [0.05, 0.1) is 6.61 Å². The van der Waals surface area contributed by atoms with Crippen molar-refractivity contribution in [1.82, 2.24) is 0 Å². The molecule has 0 amide bonds. The Morgan fingerprint density at radius 1 is 1.18 bits per heavy atom. The van der Waals surface area contributed by atoms with Crippen LogP contribution in [0.5, 0.6) is 0 Å². The topological polar surface area (TPSA) is 18.5 Å². The number of hydrogen-bond donors (Lipinski definition) is 0. The number of ether oxygens (including phenoxy) is 2. The van der Waals surface area contributed by atoms with Crippen LogP contribution in [0, 0.1) is 6.92 Å². The first-order chi connectivity index (χ1) is 8.34. The van der Waals surface area contributed by atoms with Crippen LogP contribution in [-0.2, 0) is 16.1 Å². The molecule has 0 saturated carbocycles. The summed E-state index contributed by atoms with van der Waals surface area (Å²) in [7, 11) is 0. The molecule has 1 aromatic rings. The van der Waals surface area contributed by atoms with Crippen LogP contribution in [0.4, 0.5) is 0 Å². The number of hydrogen-bond acceptors (Lipinski definition) is 2. The maximum atomic E-state index is 5.69. The lowest BCUT2D eigenvalue weighted by molar-refractivity contribution is -0.168. The number of rotatable bonds is 3. The van der Waals surface area contributed by atoms with Gasteiger partial charge in [-0.25, -0.2) is 0 Å². The van der Waals surface area contributed by atoms with Gasteiger partial charge in [-0.05, 0) is 31.7 Å². The molecule has 0 aromatic heterocycles. The molecular weight excluding hydrogens is 212 g/mol. The highest BCUT2D eigenvalue weighted by molar-refractivity contribution is 5.20. The van der Waals surface area contributed by atoms with Gasteiger partial charge < -0.3 is 9.47 Å². The Hall–Kier alpha value is -0.860. The average Bonchev–Trinajstić information content (AvgIpc) is 2.42. The summed E-state index contributed by atoms with van der Waals surface area (Å²) in [6.07, 6.45) is 3.44. The Morgan fingerprint density at radius 2 is 1.88 bits per heavy atom. The molecule has 1 unspecified atom stereocenters. The Labute approximate surface area is 105 Å². The maximum Gasteiger partial charge on any atom is 0.158 e. The van der Waals surface area contributed by atoms with Crippen molar-refractivity contribution in [2.45, 2.75) is 52.9 Å². The molecule has 1 aromatic carbocycles. The Bertz CT molecular complexity index is 286. The second-order valence-electron chi connectivity index (χ2n) is 4.09. The molecule has 0 radical (unpaired) electrons. The summed E-state index contributed by atoms with van der Waals surface area (Å²) >= 11 is 0. The van der Waals surface area contributed by atoms with Crippen LogP contribution >= 0.6 is 0 Å². The third-order valence-corrected chi connectivity index (χ3v) is 2.69. The average molecular weight is 236 g/mol. The van der Waals surface area contributed by atoms with E-state index in [-0.39, 0.29) is 6.29 Å². The zero-order chi connectivity index (χ0) is 12.5. The Kier molecular flexibility index (Phi) is 6.90. The van der Waals surface area contributed by atoms with E-state index >= 15 is 0 Å². The first kappa shape index (κ1) is 14.2. The highest BCUT2D eigenvalue weighted by Gasteiger charge is 2.13. The predicted octanol–water partition coefficient (Wildman–Crippen LogP) is 4.06. The molecule has 1 saturated heterocycles. The van der Waals surface area contributed by atoms with Gasteiger partial charge in [0.1, 0.15) is 0 Å². The van der Waals surface area contributed by atoms with Gasteiger partial charge in [0.2, 0.25) is 0 Å². The van der Waals surface area contributed by atoms with E-state index in [9.17, 15) is 0 Å². The van der Waals surface area contributed by atoms with Crippen LogP contribution in [0.25, 0.3) is 0 Å². The zero-order valence-electron chi connectivity index (χ0n) is 11.2. The van der Waals surface area contributed by atoms with Crippen molar-refractivity contribution in [2.24, 2.45) is 0 Å². The quantitative estimate of drug-likeness (QED) is 0.787. The van der Waals surface area contributed by atoms with Crippen LogP contribution in [-0.4, -0.2) is 12.9 Å². The molecule has 1 fully saturated rings. The fraction of sp³-hybridized carbons (Fsp3) is 0.600. The SMILES string of the molecule is CC.Cc1ccc(COC2CCCCO2)cc1. The van der Waals surface area contributed by atoms with E-state index in [0.29, 0.717) is 6.61 Å². The van der Waals surface area contributed by atoms with Crippen molar-refractivity contribution < 1.29 is 9.47 Å². The van der Waals surface area contributed by atoms with Crippen LogP contribution < -0.4 is 0 Å². The molecule has 2 rings (SSSR count). The predicted molar refractivity (Wildman–Crippen MR) is 70.9 cm³/mol. The minimum Gasteiger partial charge on any atom is -0.353 e. The van der Waals surface area contributed by atoms with Crippen LogP contribution in [0.1, 0.15) is 44.2 Å².